The van der Waals surface area contributed by atoms with E-state index >= 15 is 0 Å². The first-order chi connectivity index (χ1) is 23.7. The molecule has 2 aliphatic rings. The van der Waals surface area contributed by atoms with E-state index < -0.39 is 13.0 Å². The number of halogens is 5. The summed E-state index contributed by atoms with van der Waals surface area (Å²) in [6.45, 7) is 1.70. The van der Waals surface area contributed by atoms with Gasteiger partial charge in [-0.3, -0.25) is 4.79 Å². The molecule has 1 fully saturated rings. The average Bonchev–Trinajstić information content (AvgIpc) is 3.93. The van der Waals surface area contributed by atoms with Crippen LogP contribution in [0.3, 0.4) is 0 Å². The molecule has 2 N–H and O–H groups in total. The zero-order valence-electron chi connectivity index (χ0n) is 27.2. The summed E-state index contributed by atoms with van der Waals surface area (Å²) < 4.78 is 47.9. The first kappa shape index (κ1) is 37.3. The van der Waals surface area contributed by atoms with Gasteiger partial charge in [0, 0.05) is 36.8 Å². The lowest BCUT2D eigenvalue weighted by Gasteiger charge is -2.33. The highest BCUT2D eigenvalue weighted by Crippen LogP contribution is 2.36. The molecule has 3 aromatic rings. The zero-order valence-corrected chi connectivity index (χ0v) is 29.4. The molecule has 1 aliphatic heterocycles. The number of ether oxygens (including phenoxy) is 4. The van der Waals surface area contributed by atoms with Crippen LogP contribution in [0.1, 0.15) is 36.0 Å². The first-order valence-electron chi connectivity index (χ1n) is 16.2. The largest absolute Gasteiger partial charge is 0.490 e. The number of nitrogens with one attached hydrogen (secondary N) is 2. The Hall–Kier alpha value is -2.96. The molecule has 1 saturated carbocycles. The number of hydrogen-bond donors (Lipinski definition) is 2. The fourth-order valence-electron chi connectivity index (χ4n) is 5.74. The van der Waals surface area contributed by atoms with Crippen molar-refractivity contribution in [1.29, 1.82) is 0 Å². The molecule has 0 radical (unpaired) electrons. The molecule has 8 nitrogen and oxygen atoms in total. The number of alkyl halides is 2. The van der Waals surface area contributed by atoms with Gasteiger partial charge in [0.25, 0.3) is 12.3 Å². The van der Waals surface area contributed by atoms with Gasteiger partial charge in [-0.1, -0.05) is 65.1 Å². The summed E-state index contributed by atoms with van der Waals surface area (Å²) in [5, 5.41) is 7.60. The van der Waals surface area contributed by atoms with Gasteiger partial charge in [-0.05, 0) is 78.4 Å². The minimum atomic E-state index is -2.44. The highest BCUT2D eigenvalue weighted by atomic mass is 35.5. The topological polar surface area (TPSA) is 81.3 Å². The first-order valence-corrected chi connectivity index (χ1v) is 17.3. The van der Waals surface area contributed by atoms with Crippen molar-refractivity contribution in [2.24, 2.45) is 0 Å². The standard InChI is InChI=1S/C36H40Cl3F2N3O5/c1-46-22-47-21-32-34(36(45)44(26-8-9-26)20-25-17-23(5-12-29(25)37)18-42-19-33(40)41)28(13-14-43-32)24-6-10-27(11-7-24)48-15-16-49-35-30(38)3-2-4-31(35)39/h2-7,10-12,17,26,32-33,42-43H,8-9,13-16,18-22H2,1H3/t32-/m1/s1. The van der Waals surface area contributed by atoms with E-state index in [1.807, 2.05) is 35.2 Å². The van der Waals surface area contributed by atoms with Crippen LogP contribution in [0.5, 0.6) is 11.5 Å². The minimum absolute atomic E-state index is 0.0686. The lowest BCUT2D eigenvalue weighted by Crippen LogP contribution is -2.47. The molecule has 0 unspecified atom stereocenters. The van der Waals surface area contributed by atoms with Crippen molar-refractivity contribution in [3.05, 3.63) is 98.0 Å². The van der Waals surface area contributed by atoms with Gasteiger partial charge in [0.1, 0.15) is 25.8 Å². The van der Waals surface area contributed by atoms with Crippen molar-refractivity contribution in [2.45, 2.75) is 50.9 Å². The van der Waals surface area contributed by atoms with E-state index in [9.17, 15) is 13.6 Å². The fourth-order valence-corrected chi connectivity index (χ4v) is 6.42. The Morgan fingerprint density at radius 3 is 2.43 bits per heavy atom. The predicted molar refractivity (Wildman–Crippen MR) is 188 cm³/mol. The van der Waals surface area contributed by atoms with Crippen LogP contribution in [0.25, 0.3) is 5.57 Å². The maximum atomic E-state index is 14.6. The monoisotopic (exact) mass is 737 g/mol. The highest BCUT2D eigenvalue weighted by Gasteiger charge is 2.38. The molecule has 49 heavy (non-hydrogen) atoms. The molecule has 264 valence electrons. The predicted octanol–water partition coefficient (Wildman–Crippen LogP) is 7.39. The number of para-hydroxylation sites is 1. The summed E-state index contributed by atoms with van der Waals surface area (Å²) in [6, 6.07) is 18.0. The van der Waals surface area contributed by atoms with Gasteiger partial charge in [-0.25, -0.2) is 8.78 Å². The van der Waals surface area contributed by atoms with Crippen molar-refractivity contribution >= 4 is 46.3 Å². The maximum Gasteiger partial charge on any atom is 0.252 e. The maximum absolute atomic E-state index is 14.6. The Morgan fingerprint density at radius 2 is 1.73 bits per heavy atom. The third kappa shape index (κ3) is 10.5. The van der Waals surface area contributed by atoms with Gasteiger partial charge in [-0.2, -0.15) is 0 Å². The summed E-state index contributed by atoms with van der Waals surface area (Å²) in [6.07, 6.45) is -0.0270. The second kappa shape index (κ2) is 18.3. The van der Waals surface area contributed by atoms with E-state index in [2.05, 4.69) is 10.6 Å². The molecule has 1 atom stereocenters. The summed E-state index contributed by atoms with van der Waals surface area (Å²) in [7, 11) is 1.55. The number of nitrogens with zero attached hydrogens (tertiary/aromatic N) is 1. The van der Waals surface area contributed by atoms with Crippen molar-refractivity contribution in [1.82, 2.24) is 15.5 Å². The number of carbonyl (C=O) groups is 1. The van der Waals surface area contributed by atoms with Crippen molar-refractivity contribution in [2.75, 3.05) is 46.8 Å². The molecule has 0 saturated heterocycles. The molecule has 3 aromatic carbocycles. The van der Waals surface area contributed by atoms with Crippen LogP contribution in [0, 0.1) is 0 Å². The van der Waals surface area contributed by atoms with Crippen LogP contribution in [-0.2, 0) is 27.4 Å². The number of amides is 1. The van der Waals surface area contributed by atoms with Gasteiger partial charge in [0.05, 0.1) is 29.2 Å². The van der Waals surface area contributed by atoms with E-state index in [1.54, 1.807) is 37.4 Å². The summed E-state index contributed by atoms with van der Waals surface area (Å²) in [5.74, 6) is 0.974. The smallest absolute Gasteiger partial charge is 0.252 e. The molecular weight excluding hydrogens is 699 g/mol. The number of hydrogen-bond acceptors (Lipinski definition) is 7. The fraction of sp³-hybridized carbons (Fsp3) is 0.417. The molecule has 0 spiro atoms. The summed E-state index contributed by atoms with van der Waals surface area (Å²) in [4.78, 5) is 16.5. The van der Waals surface area contributed by atoms with Crippen molar-refractivity contribution in [3.8, 4) is 11.5 Å². The van der Waals surface area contributed by atoms with Crippen molar-refractivity contribution in [3.63, 3.8) is 0 Å². The lowest BCUT2D eigenvalue weighted by molar-refractivity contribution is -0.129. The van der Waals surface area contributed by atoms with E-state index in [-0.39, 0.29) is 51.1 Å². The average molecular weight is 739 g/mol. The molecule has 1 heterocycles. The number of methoxy groups -OCH3 is 1. The van der Waals surface area contributed by atoms with E-state index in [0.29, 0.717) is 51.7 Å². The normalized spacial score (nSPS) is 16.3. The Labute approximate surface area is 300 Å². The van der Waals surface area contributed by atoms with Gasteiger partial charge in [0.2, 0.25) is 0 Å². The Kier molecular flexibility index (Phi) is 14.0. The van der Waals surface area contributed by atoms with Crippen LogP contribution in [-0.4, -0.2) is 76.1 Å². The lowest BCUT2D eigenvalue weighted by atomic mass is 9.88. The Morgan fingerprint density at radius 1 is 1.00 bits per heavy atom. The van der Waals surface area contributed by atoms with Crippen LogP contribution < -0.4 is 20.1 Å². The SMILES string of the molecule is COCOC[C@H]1NCCC(c2ccc(OCCOc3c(Cl)cccc3Cl)cc2)=C1C(=O)N(Cc1cc(CNCC(F)F)ccc1Cl)C1CC1. The molecule has 1 aliphatic carbocycles. The van der Waals surface area contributed by atoms with Crippen LogP contribution >= 0.6 is 34.8 Å². The zero-order chi connectivity index (χ0) is 34.8. The van der Waals surface area contributed by atoms with E-state index in [4.69, 9.17) is 53.8 Å². The van der Waals surface area contributed by atoms with Gasteiger partial charge in [0.15, 0.2) is 5.75 Å². The molecule has 0 bridgehead atoms. The van der Waals surface area contributed by atoms with Crippen LogP contribution in [0.15, 0.2) is 66.2 Å². The summed E-state index contributed by atoms with van der Waals surface area (Å²) in [5.41, 5.74) is 4.06. The van der Waals surface area contributed by atoms with Gasteiger partial charge >= 0.3 is 0 Å². The second-order valence-corrected chi connectivity index (χ2v) is 13.0. The van der Waals surface area contributed by atoms with E-state index in [0.717, 1.165) is 35.1 Å². The Bertz CT molecular complexity index is 1570. The Balaban J connectivity index is 1.34. The minimum Gasteiger partial charge on any atom is -0.490 e. The number of rotatable bonds is 18. The van der Waals surface area contributed by atoms with Crippen LogP contribution in [0.2, 0.25) is 15.1 Å². The third-order valence-electron chi connectivity index (χ3n) is 8.20. The molecule has 13 heteroatoms. The van der Waals surface area contributed by atoms with Crippen molar-refractivity contribution < 1.29 is 32.5 Å². The molecule has 1 amide bonds. The molecule has 0 aromatic heterocycles. The quantitative estimate of drug-likeness (QED) is 0.104. The molecule has 5 rings (SSSR count). The number of carbonyl (C=O) groups excluding carboxylic acids is 1. The number of benzene rings is 3. The highest BCUT2D eigenvalue weighted by molar-refractivity contribution is 6.37. The molecular formula is C36H40Cl3F2N3O5. The second-order valence-electron chi connectivity index (χ2n) is 11.8. The summed E-state index contributed by atoms with van der Waals surface area (Å²) >= 11 is 19.0. The third-order valence-corrected chi connectivity index (χ3v) is 9.17. The van der Waals surface area contributed by atoms with Gasteiger partial charge in [-0.15, -0.1) is 0 Å². The van der Waals surface area contributed by atoms with E-state index in [1.165, 1.54) is 0 Å². The van der Waals surface area contributed by atoms with Crippen LogP contribution in [0.4, 0.5) is 8.78 Å². The van der Waals surface area contributed by atoms with Gasteiger partial charge < -0.3 is 34.5 Å².